The van der Waals surface area contributed by atoms with E-state index in [0.29, 0.717) is 13.2 Å². The first-order chi connectivity index (χ1) is 7.22. The van der Waals surface area contributed by atoms with Crippen LogP contribution in [0.2, 0.25) is 0 Å². The first kappa shape index (κ1) is 12.3. The van der Waals surface area contributed by atoms with E-state index in [2.05, 4.69) is 15.9 Å². The van der Waals surface area contributed by atoms with E-state index in [-0.39, 0.29) is 0 Å². The zero-order chi connectivity index (χ0) is 11.3. The lowest BCUT2D eigenvalue weighted by atomic mass is 10.1. The second kappa shape index (κ2) is 5.98. The number of methoxy groups -OCH3 is 1. The van der Waals surface area contributed by atoms with E-state index in [1.54, 1.807) is 7.11 Å². The molecule has 0 saturated carbocycles. The molecular weight excluding hydrogens is 258 g/mol. The molecule has 15 heavy (non-hydrogen) atoms. The molecule has 3 nitrogen and oxygen atoms in total. The van der Waals surface area contributed by atoms with Gasteiger partial charge in [0.05, 0.1) is 13.7 Å². The van der Waals surface area contributed by atoms with Crippen LogP contribution in [0, 0.1) is 0 Å². The van der Waals surface area contributed by atoms with Gasteiger partial charge in [0.1, 0.15) is 0 Å². The molecule has 1 aromatic carbocycles. The Balaban J connectivity index is 3.14. The van der Waals surface area contributed by atoms with Crippen molar-refractivity contribution in [2.24, 2.45) is 5.73 Å². The number of hydrogen-bond donors (Lipinski definition) is 1. The van der Waals surface area contributed by atoms with Crippen molar-refractivity contribution in [3.8, 4) is 11.5 Å². The molecule has 0 bridgehead atoms. The number of benzene rings is 1. The van der Waals surface area contributed by atoms with Crippen molar-refractivity contribution in [2.45, 2.75) is 13.3 Å². The Kier molecular flexibility index (Phi) is 4.91. The normalized spacial score (nSPS) is 10.1. The predicted octanol–water partition coefficient (Wildman–Crippen LogP) is 2.36. The van der Waals surface area contributed by atoms with Gasteiger partial charge in [-0.15, -0.1) is 0 Å². The lowest BCUT2D eigenvalue weighted by Crippen LogP contribution is -2.06. The van der Waals surface area contributed by atoms with Crippen molar-refractivity contribution in [1.29, 1.82) is 0 Å². The van der Waals surface area contributed by atoms with E-state index < -0.39 is 0 Å². The predicted molar refractivity (Wildman–Crippen MR) is 64.6 cm³/mol. The van der Waals surface area contributed by atoms with Crippen molar-refractivity contribution >= 4 is 15.9 Å². The van der Waals surface area contributed by atoms with Crippen LogP contribution in [0.15, 0.2) is 16.6 Å². The van der Waals surface area contributed by atoms with Crippen LogP contribution in [0.5, 0.6) is 11.5 Å². The smallest absolute Gasteiger partial charge is 0.164 e. The summed E-state index contributed by atoms with van der Waals surface area (Å²) in [4.78, 5) is 0. The summed E-state index contributed by atoms with van der Waals surface area (Å²) in [5.41, 5.74) is 6.63. The van der Waals surface area contributed by atoms with Crippen LogP contribution in [0.1, 0.15) is 12.5 Å². The van der Waals surface area contributed by atoms with Gasteiger partial charge in [0.15, 0.2) is 11.5 Å². The van der Waals surface area contributed by atoms with E-state index in [1.165, 1.54) is 0 Å². The van der Waals surface area contributed by atoms with Gasteiger partial charge in [-0.05, 0) is 32.0 Å². The maximum Gasteiger partial charge on any atom is 0.164 e. The highest BCUT2D eigenvalue weighted by Gasteiger charge is 2.11. The Morgan fingerprint density at radius 3 is 2.67 bits per heavy atom. The average molecular weight is 274 g/mol. The number of ether oxygens (including phenoxy) is 2. The van der Waals surface area contributed by atoms with Crippen molar-refractivity contribution in [3.05, 3.63) is 22.2 Å². The van der Waals surface area contributed by atoms with Gasteiger partial charge >= 0.3 is 0 Å². The number of rotatable bonds is 5. The third kappa shape index (κ3) is 3.11. The Morgan fingerprint density at radius 1 is 1.40 bits per heavy atom. The van der Waals surface area contributed by atoms with Crippen molar-refractivity contribution < 1.29 is 9.47 Å². The molecule has 84 valence electrons. The molecule has 0 radical (unpaired) electrons. The van der Waals surface area contributed by atoms with Gasteiger partial charge in [-0.25, -0.2) is 0 Å². The second-order valence-corrected chi connectivity index (χ2v) is 3.98. The third-order valence-electron chi connectivity index (χ3n) is 2.02. The van der Waals surface area contributed by atoms with Crippen molar-refractivity contribution in [2.75, 3.05) is 20.3 Å². The summed E-state index contributed by atoms with van der Waals surface area (Å²) in [6.07, 6.45) is 0.783. The van der Waals surface area contributed by atoms with Gasteiger partial charge in [-0.3, -0.25) is 0 Å². The lowest BCUT2D eigenvalue weighted by Gasteiger charge is -2.14. The Hall–Kier alpha value is -0.740. The fourth-order valence-electron chi connectivity index (χ4n) is 1.42. The highest BCUT2D eigenvalue weighted by Crippen LogP contribution is 2.34. The summed E-state index contributed by atoms with van der Waals surface area (Å²) in [6, 6.07) is 3.91. The summed E-state index contributed by atoms with van der Waals surface area (Å²) >= 11 is 3.43. The molecule has 0 aliphatic rings. The molecule has 0 aliphatic carbocycles. The molecule has 4 heteroatoms. The molecule has 0 aromatic heterocycles. The van der Waals surface area contributed by atoms with E-state index in [9.17, 15) is 0 Å². The monoisotopic (exact) mass is 273 g/mol. The number of nitrogens with two attached hydrogens (primary N) is 1. The molecular formula is C11H16BrNO2. The summed E-state index contributed by atoms with van der Waals surface area (Å²) in [5, 5.41) is 0. The van der Waals surface area contributed by atoms with E-state index in [1.807, 2.05) is 19.1 Å². The molecule has 1 aromatic rings. The van der Waals surface area contributed by atoms with Crippen molar-refractivity contribution in [1.82, 2.24) is 0 Å². The van der Waals surface area contributed by atoms with Crippen LogP contribution >= 0.6 is 15.9 Å². The first-order valence-corrected chi connectivity index (χ1v) is 5.71. The minimum absolute atomic E-state index is 0.597. The number of halogens is 1. The zero-order valence-corrected chi connectivity index (χ0v) is 10.6. The quantitative estimate of drug-likeness (QED) is 0.896. The molecule has 0 aliphatic heterocycles. The Morgan fingerprint density at radius 2 is 2.13 bits per heavy atom. The molecule has 0 spiro atoms. The van der Waals surface area contributed by atoms with Crippen LogP contribution in [-0.4, -0.2) is 20.3 Å². The standard InChI is InChI=1S/C11H16BrNO2/c1-3-15-11-8(4-5-13)6-9(12)7-10(11)14-2/h6-7H,3-5,13H2,1-2H3. The first-order valence-electron chi connectivity index (χ1n) is 4.92. The van der Waals surface area contributed by atoms with Crippen LogP contribution < -0.4 is 15.2 Å². The summed E-state index contributed by atoms with van der Waals surface area (Å²) < 4.78 is 11.8. The Labute approximate surface area is 98.7 Å². The van der Waals surface area contributed by atoms with Gasteiger partial charge < -0.3 is 15.2 Å². The SMILES string of the molecule is CCOc1c(CCN)cc(Br)cc1OC. The molecule has 0 atom stereocenters. The van der Waals surface area contributed by atoms with Crippen LogP contribution in [0.4, 0.5) is 0 Å². The minimum Gasteiger partial charge on any atom is -0.493 e. The molecule has 0 fully saturated rings. The van der Waals surface area contributed by atoms with Gasteiger partial charge in [-0.1, -0.05) is 15.9 Å². The van der Waals surface area contributed by atoms with Crippen molar-refractivity contribution in [3.63, 3.8) is 0 Å². The fourth-order valence-corrected chi connectivity index (χ4v) is 1.91. The summed E-state index contributed by atoms with van der Waals surface area (Å²) in [6.45, 7) is 3.17. The topological polar surface area (TPSA) is 44.5 Å². The highest BCUT2D eigenvalue weighted by atomic mass is 79.9. The highest BCUT2D eigenvalue weighted by molar-refractivity contribution is 9.10. The minimum atomic E-state index is 0.597. The van der Waals surface area contributed by atoms with Crippen LogP contribution in [-0.2, 0) is 6.42 Å². The van der Waals surface area contributed by atoms with Gasteiger partial charge in [0.25, 0.3) is 0 Å². The molecule has 0 saturated heterocycles. The number of hydrogen-bond acceptors (Lipinski definition) is 3. The largest absolute Gasteiger partial charge is 0.493 e. The molecule has 1 rings (SSSR count). The van der Waals surface area contributed by atoms with E-state index >= 15 is 0 Å². The zero-order valence-electron chi connectivity index (χ0n) is 9.05. The molecule has 0 heterocycles. The maximum absolute atomic E-state index is 5.57. The van der Waals surface area contributed by atoms with E-state index in [4.69, 9.17) is 15.2 Å². The summed E-state index contributed by atoms with van der Waals surface area (Å²) in [7, 11) is 1.64. The van der Waals surface area contributed by atoms with Crippen LogP contribution in [0.25, 0.3) is 0 Å². The molecule has 0 amide bonds. The lowest BCUT2D eigenvalue weighted by molar-refractivity contribution is 0.307. The second-order valence-electron chi connectivity index (χ2n) is 3.07. The van der Waals surface area contributed by atoms with Gasteiger partial charge in [-0.2, -0.15) is 0 Å². The third-order valence-corrected chi connectivity index (χ3v) is 2.48. The molecule has 0 unspecified atom stereocenters. The van der Waals surface area contributed by atoms with Gasteiger partial charge in [0.2, 0.25) is 0 Å². The maximum atomic E-state index is 5.57. The van der Waals surface area contributed by atoms with E-state index in [0.717, 1.165) is 28.0 Å². The average Bonchev–Trinajstić information content (AvgIpc) is 2.22. The summed E-state index contributed by atoms with van der Waals surface area (Å²) in [5.74, 6) is 1.54. The van der Waals surface area contributed by atoms with Gasteiger partial charge in [0, 0.05) is 10.0 Å². The Bertz CT molecular complexity index is 329. The fraction of sp³-hybridized carbons (Fsp3) is 0.455. The van der Waals surface area contributed by atoms with Crippen LogP contribution in [0.3, 0.4) is 0 Å². The molecule has 2 N–H and O–H groups in total.